The number of hydrogen-bond donors (Lipinski definition) is 1. The standard InChI is InChI=1S/C17H26N2O2S/c1-14-6-8-16(9-7-14)22-12-4-10-18-17(20)19(2)13-15-5-3-11-21-15/h6-9,15H,3-5,10-13H2,1-2H3,(H,18,20)/t15-/m0/s1. The summed E-state index contributed by atoms with van der Waals surface area (Å²) in [5.74, 6) is 1.01. The Morgan fingerprint density at radius 1 is 1.41 bits per heavy atom. The van der Waals surface area contributed by atoms with Gasteiger partial charge in [-0.05, 0) is 44.1 Å². The normalized spacial score (nSPS) is 17.5. The third-order valence-corrected chi connectivity index (χ3v) is 4.83. The first-order valence-corrected chi connectivity index (χ1v) is 8.94. The van der Waals surface area contributed by atoms with Crippen LogP contribution < -0.4 is 5.32 Å². The van der Waals surface area contributed by atoms with E-state index in [9.17, 15) is 4.79 Å². The van der Waals surface area contributed by atoms with Gasteiger partial charge in [0, 0.05) is 31.6 Å². The summed E-state index contributed by atoms with van der Waals surface area (Å²) in [5, 5.41) is 2.97. The summed E-state index contributed by atoms with van der Waals surface area (Å²) in [6.07, 6.45) is 3.35. The van der Waals surface area contributed by atoms with Gasteiger partial charge in [0.15, 0.2) is 0 Å². The van der Waals surface area contributed by atoms with E-state index in [1.807, 2.05) is 18.8 Å². The van der Waals surface area contributed by atoms with Gasteiger partial charge in [-0.25, -0.2) is 4.79 Å². The first-order chi connectivity index (χ1) is 10.6. The van der Waals surface area contributed by atoms with Crippen molar-refractivity contribution in [1.82, 2.24) is 10.2 Å². The molecule has 1 aromatic carbocycles. The topological polar surface area (TPSA) is 41.6 Å². The smallest absolute Gasteiger partial charge is 0.317 e. The SMILES string of the molecule is Cc1ccc(SCCCNC(=O)N(C)C[C@@H]2CCCO2)cc1. The maximum atomic E-state index is 12.0. The predicted octanol–water partition coefficient (Wildman–Crippen LogP) is 3.30. The fourth-order valence-electron chi connectivity index (χ4n) is 2.40. The summed E-state index contributed by atoms with van der Waals surface area (Å²) in [5.41, 5.74) is 1.28. The zero-order valence-electron chi connectivity index (χ0n) is 13.5. The van der Waals surface area contributed by atoms with Gasteiger partial charge in [-0.1, -0.05) is 17.7 Å². The fraction of sp³-hybridized carbons (Fsp3) is 0.588. The van der Waals surface area contributed by atoms with E-state index in [1.165, 1.54) is 10.5 Å². The Morgan fingerprint density at radius 3 is 2.86 bits per heavy atom. The molecule has 0 aromatic heterocycles. The quantitative estimate of drug-likeness (QED) is 0.618. The molecular formula is C17H26N2O2S. The van der Waals surface area contributed by atoms with Gasteiger partial charge in [0.1, 0.15) is 0 Å². The van der Waals surface area contributed by atoms with Gasteiger partial charge in [-0.2, -0.15) is 0 Å². The summed E-state index contributed by atoms with van der Waals surface area (Å²) >= 11 is 1.83. The summed E-state index contributed by atoms with van der Waals surface area (Å²) < 4.78 is 5.55. The number of likely N-dealkylation sites (N-methyl/N-ethyl adjacent to an activating group) is 1. The molecule has 1 atom stereocenters. The Bertz CT molecular complexity index is 458. The average molecular weight is 322 g/mol. The van der Waals surface area contributed by atoms with Crippen LogP contribution in [-0.4, -0.2) is 49.5 Å². The number of thioether (sulfide) groups is 1. The summed E-state index contributed by atoms with van der Waals surface area (Å²) in [7, 11) is 1.83. The lowest BCUT2D eigenvalue weighted by atomic mass is 10.2. The second-order valence-electron chi connectivity index (χ2n) is 5.76. The molecule has 5 heteroatoms. The van der Waals surface area contributed by atoms with E-state index in [1.54, 1.807) is 4.90 Å². The molecule has 0 aliphatic carbocycles. The monoisotopic (exact) mass is 322 g/mol. The molecule has 0 spiro atoms. The van der Waals surface area contributed by atoms with Gasteiger partial charge in [-0.15, -0.1) is 11.8 Å². The van der Waals surface area contributed by atoms with Crippen molar-refractivity contribution < 1.29 is 9.53 Å². The number of nitrogens with zero attached hydrogens (tertiary/aromatic N) is 1. The number of rotatable bonds is 7. The molecule has 0 bridgehead atoms. The van der Waals surface area contributed by atoms with Gasteiger partial charge < -0.3 is 15.0 Å². The minimum Gasteiger partial charge on any atom is -0.376 e. The minimum atomic E-state index is -0.00386. The van der Waals surface area contributed by atoms with Crippen molar-refractivity contribution in [1.29, 1.82) is 0 Å². The van der Waals surface area contributed by atoms with Crippen LogP contribution in [0.15, 0.2) is 29.2 Å². The number of carbonyl (C=O) groups is 1. The molecule has 2 amide bonds. The van der Waals surface area contributed by atoms with E-state index in [-0.39, 0.29) is 12.1 Å². The number of benzene rings is 1. The molecule has 1 fully saturated rings. The van der Waals surface area contributed by atoms with E-state index in [0.717, 1.165) is 31.6 Å². The van der Waals surface area contributed by atoms with Crippen LogP contribution in [0.2, 0.25) is 0 Å². The first-order valence-electron chi connectivity index (χ1n) is 7.95. The lowest BCUT2D eigenvalue weighted by Crippen LogP contribution is -2.41. The average Bonchev–Trinajstić information content (AvgIpc) is 3.01. The number of carbonyl (C=O) groups excluding carboxylic acids is 1. The fourth-order valence-corrected chi connectivity index (χ4v) is 3.26. The van der Waals surface area contributed by atoms with Gasteiger partial charge >= 0.3 is 6.03 Å². The molecule has 1 aromatic rings. The Balaban J connectivity index is 1.55. The first kappa shape index (κ1) is 17.2. The van der Waals surface area contributed by atoms with Gasteiger partial charge in [0.05, 0.1) is 6.10 Å². The molecule has 22 heavy (non-hydrogen) atoms. The Hall–Kier alpha value is -1.20. The maximum absolute atomic E-state index is 12.0. The van der Waals surface area contributed by atoms with E-state index in [0.29, 0.717) is 13.1 Å². The van der Waals surface area contributed by atoms with Crippen LogP contribution in [-0.2, 0) is 4.74 Å². The Labute approximate surface area is 137 Å². The van der Waals surface area contributed by atoms with Crippen LogP contribution >= 0.6 is 11.8 Å². The summed E-state index contributed by atoms with van der Waals surface area (Å²) in [6, 6.07) is 8.55. The number of aryl methyl sites for hydroxylation is 1. The highest BCUT2D eigenvalue weighted by Crippen LogP contribution is 2.18. The van der Waals surface area contributed by atoms with Crippen molar-refractivity contribution in [3.8, 4) is 0 Å². The molecular weight excluding hydrogens is 296 g/mol. The van der Waals surface area contributed by atoms with Crippen LogP contribution in [0, 0.1) is 6.92 Å². The lowest BCUT2D eigenvalue weighted by molar-refractivity contribution is 0.0875. The molecule has 122 valence electrons. The molecule has 1 saturated heterocycles. The van der Waals surface area contributed by atoms with E-state index in [2.05, 4.69) is 36.5 Å². The van der Waals surface area contributed by atoms with Crippen molar-refractivity contribution in [2.24, 2.45) is 0 Å². The van der Waals surface area contributed by atoms with Crippen LogP contribution in [0.25, 0.3) is 0 Å². The van der Waals surface area contributed by atoms with Gasteiger partial charge in [0.2, 0.25) is 0 Å². The van der Waals surface area contributed by atoms with E-state index < -0.39 is 0 Å². The Kier molecular flexibility index (Phi) is 7.06. The zero-order chi connectivity index (χ0) is 15.8. The summed E-state index contributed by atoms with van der Waals surface area (Å²) in [4.78, 5) is 15.0. The third kappa shape index (κ3) is 5.89. The molecule has 2 rings (SSSR count). The molecule has 1 aliphatic heterocycles. The zero-order valence-corrected chi connectivity index (χ0v) is 14.3. The molecule has 1 N–H and O–H groups in total. The second-order valence-corrected chi connectivity index (χ2v) is 6.93. The highest BCUT2D eigenvalue weighted by atomic mass is 32.2. The van der Waals surface area contributed by atoms with E-state index >= 15 is 0 Å². The molecule has 0 unspecified atom stereocenters. The third-order valence-electron chi connectivity index (χ3n) is 3.74. The minimum absolute atomic E-state index is 0.00386. The lowest BCUT2D eigenvalue weighted by Gasteiger charge is -2.21. The van der Waals surface area contributed by atoms with Crippen molar-refractivity contribution in [2.75, 3.05) is 32.5 Å². The maximum Gasteiger partial charge on any atom is 0.317 e. The number of urea groups is 1. The molecule has 1 heterocycles. The number of amides is 2. The number of ether oxygens (including phenoxy) is 1. The van der Waals surface area contributed by atoms with Crippen molar-refractivity contribution in [2.45, 2.75) is 37.2 Å². The largest absolute Gasteiger partial charge is 0.376 e. The van der Waals surface area contributed by atoms with Crippen LogP contribution in [0.1, 0.15) is 24.8 Å². The van der Waals surface area contributed by atoms with Crippen molar-refractivity contribution >= 4 is 17.8 Å². The van der Waals surface area contributed by atoms with Crippen LogP contribution in [0.4, 0.5) is 4.79 Å². The summed E-state index contributed by atoms with van der Waals surface area (Å²) in [6.45, 7) is 4.32. The van der Waals surface area contributed by atoms with Crippen molar-refractivity contribution in [3.05, 3.63) is 29.8 Å². The molecule has 4 nitrogen and oxygen atoms in total. The van der Waals surface area contributed by atoms with Crippen LogP contribution in [0.3, 0.4) is 0 Å². The molecule has 0 radical (unpaired) electrons. The Morgan fingerprint density at radius 2 is 2.18 bits per heavy atom. The number of nitrogens with one attached hydrogen (secondary N) is 1. The van der Waals surface area contributed by atoms with Crippen LogP contribution in [0.5, 0.6) is 0 Å². The number of hydrogen-bond acceptors (Lipinski definition) is 3. The predicted molar refractivity (Wildman–Crippen MR) is 91.5 cm³/mol. The van der Waals surface area contributed by atoms with Gasteiger partial charge in [-0.3, -0.25) is 0 Å². The van der Waals surface area contributed by atoms with E-state index in [4.69, 9.17) is 4.74 Å². The second kappa shape index (κ2) is 9.06. The van der Waals surface area contributed by atoms with Gasteiger partial charge in [0.25, 0.3) is 0 Å². The highest BCUT2D eigenvalue weighted by Gasteiger charge is 2.19. The van der Waals surface area contributed by atoms with Crippen molar-refractivity contribution in [3.63, 3.8) is 0 Å². The molecule has 1 aliphatic rings. The highest BCUT2D eigenvalue weighted by molar-refractivity contribution is 7.99. The molecule has 0 saturated carbocycles.